The van der Waals surface area contributed by atoms with Crippen LogP contribution in [0.2, 0.25) is 0 Å². The number of aromatic nitrogens is 2. The van der Waals surface area contributed by atoms with E-state index < -0.39 is 16.2 Å². The zero-order chi connectivity index (χ0) is 23.0. The standard InChI is InChI=1S/C20H28N6O5/c1-3-5-13-25-18(21)17(19(28)23-20(25)29)24(12-4-2)16(27)10-11-22-14-8-6-7-9-15(14)26(30)31/h6-9,22H,3-5,10-13,21H2,1-2H3,(H,23,28,29). The first-order chi connectivity index (χ1) is 14.8. The first kappa shape index (κ1) is 23.6. The largest absolute Gasteiger partial charge is 0.383 e. The van der Waals surface area contributed by atoms with Crippen molar-refractivity contribution in [1.82, 2.24) is 9.55 Å². The van der Waals surface area contributed by atoms with Crippen LogP contribution in [0, 0.1) is 10.1 Å². The summed E-state index contributed by atoms with van der Waals surface area (Å²) in [6.45, 7) is 4.51. The zero-order valence-corrected chi connectivity index (χ0v) is 17.7. The summed E-state index contributed by atoms with van der Waals surface area (Å²) in [6.07, 6.45) is 2.06. The second-order valence-corrected chi connectivity index (χ2v) is 6.99. The lowest BCUT2D eigenvalue weighted by atomic mass is 10.2. The number of rotatable bonds is 11. The van der Waals surface area contributed by atoms with E-state index in [1.807, 2.05) is 13.8 Å². The first-order valence-corrected chi connectivity index (χ1v) is 10.2. The molecule has 1 heterocycles. The number of H-pyrrole nitrogens is 1. The van der Waals surface area contributed by atoms with E-state index in [1.165, 1.54) is 15.5 Å². The highest BCUT2D eigenvalue weighted by Gasteiger charge is 2.23. The molecule has 0 spiro atoms. The molecule has 31 heavy (non-hydrogen) atoms. The molecule has 0 bridgehead atoms. The first-order valence-electron chi connectivity index (χ1n) is 10.2. The zero-order valence-electron chi connectivity index (χ0n) is 17.7. The van der Waals surface area contributed by atoms with Crippen LogP contribution in [0.5, 0.6) is 0 Å². The number of nitro benzene ring substituents is 1. The van der Waals surface area contributed by atoms with Crippen LogP contribution in [-0.4, -0.2) is 33.5 Å². The van der Waals surface area contributed by atoms with Crippen molar-refractivity contribution in [3.05, 3.63) is 55.2 Å². The maximum atomic E-state index is 12.9. The molecular weight excluding hydrogens is 404 g/mol. The monoisotopic (exact) mass is 432 g/mol. The molecule has 11 nitrogen and oxygen atoms in total. The van der Waals surface area contributed by atoms with E-state index in [4.69, 9.17) is 5.73 Å². The molecule has 0 aliphatic carbocycles. The molecule has 2 aromatic rings. The maximum absolute atomic E-state index is 12.9. The van der Waals surface area contributed by atoms with Crippen LogP contribution in [0.4, 0.5) is 22.9 Å². The van der Waals surface area contributed by atoms with Crippen molar-refractivity contribution in [1.29, 1.82) is 0 Å². The fraction of sp³-hybridized carbons (Fsp3) is 0.450. The van der Waals surface area contributed by atoms with Gasteiger partial charge in [0.1, 0.15) is 11.5 Å². The van der Waals surface area contributed by atoms with Crippen molar-refractivity contribution in [2.24, 2.45) is 0 Å². The lowest BCUT2D eigenvalue weighted by Gasteiger charge is -2.24. The van der Waals surface area contributed by atoms with Crippen molar-refractivity contribution in [3.8, 4) is 0 Å². The summed E-state index contributed by atoms with van der Waals surface area (Å²) in [5.74, 6) is -0.429. The summed E-state index contributed by atoms with van der Waals surface area (Å²) in [4.78, 5) is 51.7. The quantitative estimate of drug-likeness (QED) is 0.362. The molecular formula is C20H28N6O5. The van der Waals surface area contributed by atoms with Gasteiger partial charge in [-0.05, 0) is 18.9 Å². The Morgan fingerprint density at radius 3 is 2.61 bits per heavy atom. The number of amides is 1. The highest BCUT2D eigenvalue weighted by Crippen LogP contribution is 2.23. The number of carbonyl (C=O) groups is 1. The van der Waals surface area contributed by atoms with Crippen molar-refractivity contribution in [2.45, 2.75) is 46.1 Å². The Morgan fingerprint density at radius 1 is 1.26 bits per heavy atom. The Labute approximate surface area is 179 Å². The summed E-state index contributed by atoms with van der Waals surface area (Å²) < 4.78 is 1.27. The second-order valence-electron chi connectivity index (χ2n) is 6.99. The van der Waals surface area contributed by atoms with Gasteiger partial charge in [-0.2, -0.15) is 0 Å². The van der Waals surface area contributed by atoms with E-state index in [-0.39, 0.29) is 42.6 Å². The Morgan fingerprint density at radius 2 is 1.97 bits per heavy atom. The molecule has 168 valence electrons. The molecule has 0 aliphatic rings. The van der Waals surface area contributed by atoms with Gasteiger partial charge < -0.3 is 16.0 Å². The number of para-hydroxylation sites is 2. The predicted molar refractivity (Wildman–Crippen MR) is 119 cm³/mol. The smallest absolute Gasteiger partial charge is 0.330 e. The molecule has 4 N–H and O–H groups in total. The lowest BCUT2D eigenvalue weighted by Crippen LogP contribution is -2.42. The molecule has 0 saturated heterocycles. The second kappa shape index (κ2) is 11.0. The summed E-state index contributed by atoms with van der Waals surface area (Å²) >= 11 is 0. The van der Waals surface area contributed by atoms with E-state index >= 15 is 0 Å². The summed E-state index contributed by atoms with van der Waals surface area (Å²) in [5, 5.41) is 14.0. The summed E-state index contributed by atoms with van der Waals surface area (Å²) in [6, 6.07) is 6.13. The molecule has 0 atom stereocenters. The van der Waals surface area contributed by atoms with E-state index in [9.17, 15) is 24.5 Å². The molecule has 0 radical (unpaired) electrons. The van der Waals surface area contributed by atoms with Gasteiger partial charge in [0, 0.05) is 32.1 Å². The van der Waals surface area contributed by atoms with Crippen LogP contribution in [0.1, 0.15) is 39.5 Å². The van der Waals surface area contributed by atoms with Gasteiger partial charge in [-0.3, -0.25) is 29.3 Å². The highest BCUT2D eigenvalue weighted by molar-refractivity contribution is 5.95. The van der Waals surface area contributed by atoms with E-state index in [0.29, 0.717) is 25.1 Å². The lowest BCUT2D eigenvalue weighted by molar-refractivity contribution is -0.384. The van der Waals surface area contributed by atoms with Gasteiger partial charge in [-0.25, -0.2) is 4.79 Å². The molecule has 0 aliphatic heterocycles. The fourth-order valence-electron chi connectivity index (χ4n) is 3.18. The molecule has 1 aromatic heterocycles. The summed E-state index contributed by atoms with van der Waals surface area (Å²) in [7, 11) is 0. The molecule has 0 unspecified atom stereocenters. The van der Waals surface area contributed by atoms with Gasteiger partial charge in [0.25, 0.3) is 11.2 Å². The molecule has 2 rings (SSSR count). The Kier molecular flexibility index (Phi) is 8.35. The minimum Gasteiger partial charge on any atom is -0.383 e. The molecule has 1 aromatic carbocycles. The average molecular weight is 432 g/mol. The number of nitro groups is 1. The SMILES string of the molecule is CCCCn1c(N)c(N(CCC)C(=O)CCNc2ccccc2[N+](=O)[O-])c(=O)[nH]c1=O. The van der Waals surface area contributed by atoms with Crippen molar-refractivity contribution >= 4 is 28.8 Å². The van der Waals surface area contributed by atoms with Gasteiger partial charge in [-0.15, -0.1) is 0 Å². The minimum atomic E-state index is -0.719. The number of unbranched alkanes of at least 4 members (excludes halogenated alkanes) is 1. The van der Waals surface area contributed by atoms with E-state index in [2.05, 4.69) is 10.3 Å². The van der Waals surface area contributed by atoms with Crippen LogP contribution in [-0.2, 0) is 11.3 Å². The number of nitrogens with two attached hydrogens (primary N) is 1. The van der Waals surface area contributed by atoms with Crippen molar-refractivity contribution in [3.63, 3.8) is 0 Å². The molecule has 0 saturated carbocycles. The number of nitrogens with zero attached hydrogens (tertiary/aromatic N) is 3. The number of hydrogen-bond acceptors (Lipinski definition) is 7. The number of nitrogen functional groups attached to an aromatic ring is 1. The van der Waals surface area contributed by atoms with Crippen LogP contribution in [0.25, 0.3) is 0 Å². The van der Waals surface area contributed by atoms with Crippen molar-refractivity contribution < 1.29 is 9.72 Å². The minimum absolute atomic E-state index is 0.0288. The normalized spacial score (nSPS) is 10.6. The number of carbonyl (C=O) groups excluding carboxylic acids is 1. The van der Waals surface area contributed by atoms with Gasteiger partial charge in [0.15, 0.2) is 5.69 Å². The Bertz CT molecular complexity index is 1050. The number of benzene rings is 1. The summed E-state index contributed by atoms with van der Waals surface area (Å²) in [5.41, 5.74) is 4.96. The Hall–Kier alpha value is -3.63. The van der Waals surface area contributed by atoms with Crippen molar-refractivity contribution in [2.75, 3.05) is 29.0 Å². The van der Waals surface area contributed by atoms with Gasteiger partial charge in [-0.1, -0.05) is 32.4 Å². The Balaban J connectivity index is 2.24. The number of aromatic amines is 1. The average Bonchev–Trinajstić information content (AvgIpc) is 2.73. The third-order valence-corrected chi connectivity index (χ3v) is 4.72. The van der Waals surface area contributed by atoms with Gasteiger partial charge >= 0.3 is 5.69 Å². The van der Waals surface area contributed by atoms with Crippen LogP contribution >= 0.6 is 0 Å². The van der Waals surface area contributed by atoms with Gasteiger partial charge in [0.05, 0.1) is 4.92 Å². The van der Waals surface area contributed by atoms with E-state index in [0.717, 1.165) is 6.42 Å². The van der Waals surface area contributed by atoms with E-state index in [1.54, 1.807) is 18.2 Å². The third-order valence-electron chi connectivity index (χ3n) is 4.72. The molecule has 0 fully saturated rings. The maximum Gasteiger partial charge on any atom is 0.330 e. The topological polar surface area (TPSA) is 156 Å². The number of anilines is 3. The number of nitrogens with one attached hydrogen (secondary N) is 2. The van der Waals surface area contributed by atoms with Gasteiger partial charge in [0.2, 0.25) is 5.91 Å². The third kappa shape index (κ3) is 5.71. The van der Waals surface area contributed by atoms with Crippen LogP contribution < -0.4 is 27.2 Å². The fourth-order valence-corrected chi connectivity index (χ4v) is 3.18. The number of hydrogen-bond donors (Lipinski definition) is 3. The molecule has 1 amide bonds. The van der Waals surface area contributed by atoms with Crippen LogP contribution in [0.3, 0.4) is 0 Å². The predicted octanol–water partition coefficient (Wildman–Crippen LogP) is 2.07. The highest BCUT2D eigenvalue weighted by atomic mass is 16.6. The molecule has 11 heteroatoms. The van der Waals surface area contributed by atoms with Crippen LogP contribution in [0.15, 0.2) is 33.9 Å².